The fourth-order valence-corrected chi connectivity index (χ4v) is 3.48. The van der Waals surface area contributed by atoms with Crippen LogP contribution in [0.4, 0.5) is 5.95 Å². The van der Waals surface area contributed by atoms with Gasteiger partial charge < -0.3 is 26.0 Å². The van der Waals surface area contributed by atoms with E-state index in [4.69, 9.17) is 10.5 Å². The van der Waals surface area contributed by atoms with Crippen molar-refractivity contribution in [2.24, 2.45) is 0 Å². The Bertz CT molecular complexity index is 1100. The molecule has 11 heteroatoms. The number of benzene rings is 1. The number of fused-ring (bicyclic) bond motifs is 1. The minimum absolute atomic E-state index is 0.00306. The third-order valence-corrected chi connectivity index (χ3v) is 5.01. The Morgan fingerprint density at radius 1 is 1.27 bits per heavy atom. The van der Waals surface area contributed by atoms with Crippen LogP contribution in [0.15, 0.2) is 41.5 Å². The molecular formula is C19H22N6O5. The molecular weight excluding hydrogens is 392 g/mol. The molecule has 2 aromatic heterocycles. The van der Waals surface area contributed by atoms with E-state index < -0.39 is 36.0 Å². The number of nitrogens with zero attached hydrogens (tertiary/aromatic N) is 3. The van der Waals surface area contributed by atoms with E-state index in [0.29, 0.717) is 13.0 Å². The number of hydrogen-bond donors (Lipinski definition) is 5. The highest BCUT2D eigenvalue weighted by molar-refractivity contribution is 5.82. The number of amides is 1. The number of ether oxygens (including phenoxy) is 1. The summed E-state index contributed by atoms with van der Waals surface area (Å²) in [5.41, 5.74) is 6.27. The molecule has 0 unspecified atom stereocenters. The molecule has 1 fully saturated rings. The normalized spacial score (nSPS) is 23.7. The van der Waals surface area contributed by atoms with Crippen LogP contribution in [-0.2, 0) is 16.0 Å². The fraction of sp³-hybridized carbons (Fsp3) is 0.368. The van der Waals surface area contributed by atoms with E-state index in [-0.39, 0.29) is 17.1 Å². The van der Waals surface area contributed by atoms with Crippen molar-refractivity contribution in [3.05, 3.63) is 52.6 Å². The summed E-state index contributed by atoms with van der Waals surface area (Å²) in [6.45, 7) is 0.391. The number of imidazole rings is 1. The van der Waals surface area contributed by atoms with Crippen molar-refractivity contribution in [3.8, 4) is 0 Å². The minimum atomic E-state index is -1.46. The third-order valence-electron chi connectivity index (χ3n) is 5.01. The number of nitrogen functional groups attached to an aromatic ring is 1. The Morgan fingerprint density at radius 2 is 2.03 bits per heavy atom. The van der Waals surface area contributed by atoms with Crippen LogP contribution in [0.2, 0.25) is 0 Å². The van der Waals surface area contributed by atoms with Gasteiger partial charge in [0.2, 0.25) is 5.95 Å². The molecule has 3 heterocycles. The number of aromatic nitrogens is 4. The fourth-order valence-electron chi connectivity index (χ4n) is 3.48. The van der Waals surface area contributed by atoms with Crippen LogP contribution in [0.3, 0.4) is 0 Å². The molecule has 1 aliphatic rings. The lowest BCUT2D eigenvalue weighted by Gasteiger charge is -2.16. The average molecular weight is 414 g/mol. The number of carbonyl (C=O) groups excluding carboxylic acids is 1. The van der Waals surface area contributed by atoms with Crippen molar-refractivity contribution in [1.29, 1.82) is 0 Å². The number of nitrogens with two attached hydrogens (primary N) is 1. The highest BCUT2D eigenvalue weighted by Crippen LogP contribution is 2.31. The summed E-state index contributed by atoms with van der Waals surface area (Å²) in [7, 11) is 0. The first kappa shape index (κ1) is 20.0. The lowest BCUT2D eigenvalue weighted by molar-refractivity contribution is -0.137. The monoisotopic (exact) mass is 414 g/mol. The van der Waals surface area contributed by atoms with Gasteiger partial charge in [-0.1, -0.05) is 30.3 Å². The van der Waals surface area contributed by atoms with Crippen LogP contribution >= 0.6 is 0 Å². The lowest BCUT2D eigenvalue weighted by atomic mass is 10.1. The molecule has 4 rings (SSSR count). The summed E-state index contributed by atoms with van der Waals surface area (Å²) in [5.74, 6) is -0.665. The van der Waals surface area contributed by atoms with Gasteiger partial charge in [-0.3, -0.25) is 19.1 Å². The van der Waals surface area contributed by atoms with Crippen LogP contribution < -0.4 is 16.6 Å². The number of aliphatic hydroxyl groups is 2. The van der Waals surface area contributed by atoms with Crippen LogP contribution in [-0.4, -0.2) is 60.5 Å². The van der Waals surface area contributed by atoms with Crippen molar-refractivity contribution < 1.29 is 19.7 Å². The van der Waals surface area contributed by atoms with Gasteiger partial charge in [0.05, 0.1) is 6.33 Å². The van der Waals surface area contributed by atoms with Gasteiger partial charge in [-0.15, -0.1) is 0 Å². The molecule has 1 aliphatic heterocycles. The Balaban J connectivity index is 1.42. The topological polar surface area (TPSA) is 168 Å². The van der Waals surface area contributed by atoms with Gasteiger partial charge in [0, 0.05) is 6.54 Å². The molecule has 1 aromatic carbocycles. The predicted molar refractivity (Wildman–Crippen MR) is 106 cm³/mol. The highest BCUT2D eigenvalue weighted by atomic mass is 16.6. The number of hydrogen-bond acceptors (Lipinski definition) is 8. The van der Waals surface area contributed by atoms with Gasteiger partial charge in [-0.05, 0) is 18.4 Å². The zero-order valence-corrected chi connectivity index (χ0v) is 15.9. The molecule has 3 aromatic rings. The number of rotatable bonds is 6. The van der Waals surface area contributed by atoms with E-state index >= 15 is 0 Å². The van der Waals surface area contributed by atoms with E-state index in [1.54, 1.807) is 0 Å². The van der Waals surface area contributed by atoms with Crippen LogP contribution in [0.25, 0.3) is 11.2 Å². The summed E-state index contributed by atoms with van der Waals surface area (Å²) in [4.78, 5) is 34.7. The molecule has 0 saturated carbocycles. The Kier molecular flexibility index (Phi) is 5.48. The maximum atomic E-state index is 12.5. The standard InChI is InChI=1S/C19H22N6O5/c20-19-23-15-11(16(28)24-19)22-9-25(15)18-13(27)12(26)14(30-18)17(29)21-8-4-7-10-5-2-1-3-6-10/h1-3,5-6,9,12-14,18,26-27H,4,7-8H2,(H,21,29)(H3,20,23,24,28)/t12-,13+,14-,18+/m0/s1. The van der Waals surface area contributed by atoms with E-state index in [1.807, 2.05) is 30.3 Å². The summed E-state index contributed by atoms with van der Waals surface area (Å²) < 4.78 is 6.89. The molecule has 0 spiro atoms. The molecule has 6 N–H and O–H groups in total. The van der Waals surface area contributed by atoms with Crippen LogP contribution in [0.5, 0.6) is 0 Å². The molecule has 30 heavy (non-hydrogen) atoms. The zero-order valence-electron chi connectivity index (χ0n) is 15.9. The average Bonchev–Trinajstić information content (AvgIpc) is 3.27. The van der Waals surface area contributed by atoms with E-state index in [1.165, 1.54) is 10.9 Å². The first-order valence-electron chi connectivity index (χ1n) is 9.51. The van der Waals surface area contributed by atoms with Crippen LogP contribution in [0.1, 0.15) is 18.2 Å². The second-order valence-electron chi connectivity index (χ2n) is 7.08. The number of anilines is 1. The maximum Gasteiger partial charge on any atom is 0.280 e. The first-order chi connectivity index (χ1) is 14.5. The van der Waals surface area contributed by atoms with Gasteiger partial charge >= 0.3 is 0 Å². The van der Waals surface area contributed by atoms with Crippen molar-refractivity contribution in [2.45, 2.75) is 37.4 Å². The molecule has 4 atom stereocenters. The van der Waals surface area contributed by atoms with Crippen molar-refractivity contribution in [2.75, 3.05) is 12.3 Å². The summed E-state index contributed by atoms with van der Waals surface area (Å²) >= 11 is 0. The van der Waals surface area contributed by atoms with Gasteiger partial charge in [0.25, 0.3) is 11.5 Å². The van der Waals surface area contributed by atoms with Crippen molar-refractivity contribution in [1.82, 2.24) is 24.8 Å². The van der Waals surface area contributed by atoms with E-state index in [9.17, 15) is 19.8 Å². The molecule has 1 saturated heterocycles. The van der Waals surface area contributed by atoms with Gasteiger partial charge in [0.15, 0.2) is 23.5 Å². The molecule has 158 valence electrons. The van der Waals surface area contributed by atoms with Gasteiger partial charge in [-0.2, -0.15) is 4.98 Å². The number of aliphatic hydroxyl groups excluding tert-OH is 2. The number of aromatic amines is 1. The molecule has 0 radical (unpaired) electrons. The SMILES string of the molecule is Nc1nc2c(ncn2[C@@H]2O[C@H](C(=O)NCCCc3ccccc3)[C@@H](O)[C@H]2O)c(=O)[nH]1. The number of nitrogens with one attached hydrogen (secondary N) is 2. The van der Waals surface area contributed by atoms with Gasteiger partial charge in [-0.25, -0.2) is 4.98 Å². The van der Waals surface area contributed by atoms with Crippen LogP contribution in [0, 0.1) is 0 Å². The first-order valence-corrected chi connectivity index (χ1v) is 9.51. The summed E-state index contributed by atoms with van der Waals surface area (Å²) in [6, 6.07) is 9.86. The second kappa shape index (κ2) is 8.22. The Hall–Kier alpha value is -3.28. The van der Waals surface area contributed by atoms with Gasteiger partial charge in [0.1, 0.15) is 12.2 Å². The van der Waals surface area contributed by atoms with Crippen molar-refractivity contribution in [3.63, 3.8) is 0 Å². The largest absolute Gasteiger partial charge is 0.387 e. The predicted octanol–water partition coefficient (Wildman–Crippen LogP) is -0.930. The highest BCUT2D eigenvalue weighted by Gasteiger charge is 2.47. The quantitative estimate of drug-likeness (QED) is 0.322. The minimum Gasteiger partial charge on any atom is -0.387 e. The lowest BCUT2D eigenvalue weighted by Crippen LogP contribution is -2.43. The summed E-state index contributed by atoms with van der Waals surface area (Å²) in [5, 5.41) is 23.5. The maximum absolute atomic E-state index is 12.5. The summed E-state index contributed by atoms with van der Waals surface area (Å²) in [6.07, 6.45) is -2.57. The van der Waals surface area contributed by atoms with E-state index in [2.05, 4.69) is 20.3 Å². The third kappa shape index (κ3) is 3.77. The molecule has 11 nitrogen and oxygen atoms in total. The number of H-pyrrole nitrogens is 1. The Labute approximate surface area is 170 Å². The Morgan fingerprint density at radius 3 is 2.80 bits per heavy atom. The number of carbonyl (C=O) groups is 1. The second-order valence-corrected chi connectivity index (χ2v) is 7.08. The zero-order chi connectivity index (χ0) is 21.3. The van der Waals surface area contributed by atoms with E-state index in [0.717, 1.165) is 12.0 Å². The number of aryl methyl sites for hydroxylation is 1. The molecule has 0 aliphatic carbocycles. The van der Waals surface area contributed by atoms with Crippen molar-refractivity contribution >= 4 is 23.0 Å². The molecule has 1 amide bonds. The molecule has 0 bridgehead atoms. The smallest absolute Gasteiger partial charge is 0.280 e.